The molecule has 0 heterocycles. The van der Waals surface area contributed by atoms with E-state index in [1.165, 1.54) is 20.3 Å². The molecule has 6 heteroatoms. The summed E-state index contributed by atoms with van der Waals surface area (Å²) in [4.78, 5) is 11.3. The van der Waals surface area contributed by atoms with Crippen LogP contribution in [-0.2, 0) is 15.7 Å². The molecule has 112 valence electrons. The molecule has 0 aliphatic carbocycles. The Balaban J connectivity index is 3.17. The molecule has 0 aliphatic heterocycles. The van der Waals surface area contributed by atoms with Crippen molar-refractivity contribution >= 4 is 5.97 Å². The summed E-state index contributed by atoms with van der Waals surface area (Å²) in [6.07, 6.45) is -3.89. The van der Waals surface area contributed by atoms with Crippen LogP contribution < -0.4 is 4.74 Å². The van der Waals surface area contributed by atoms with E-state index in [0.29, 0.717) is 12.0 Å². The van der Waals surface area contributed by atoms with Gasteiger partial charge >= 0.3 is 12.1 Å². The number of alkyl halides is 3. The molecule has 1 aromatic rings. The summed E-state index contributed by atoms with van der Waals surface area (Å²) in [5.74, 6) is -0.662. The molecule has 0 bridgehead atoms. The topological polar surface area (TPSA) is 35.5 Å². The molecule has 1 atom stereocenters. The summed E-state index contributed by atoms with van der Waals surface area (Å²) in [7, 11) is 2.56. The first-order chi connectivity index (χ1) is 9.31. The fraction of sp³-hybridized carbons (Fsp3) is 0.500. The number of rotatable bonds is 5. The van der Waals surface area contributed by atoms with E-state index in [9.17, 15) is 18.0 Å². The molecule has 0 aliphatic rings. The third-order valence-corrected chi connectivity index (χ3v) is 3.10. The average molecular weight is 290 g/mol. The molecule has 0 saturated heterocycles. The highest BCUT2D eigenvalue weighted by Gasteiger charge is 2.32. The number of carbonyl (C=O) groups excluding carboxylic acids is 1. The molecule has 3 nitrogen and oxygen atoms in total. The number of hydrogen-bond donors (Lipinski definition) is 0. The molecule has 0 fully saturated rings. The van der Waals surface area contributed by atoms with Crippen LogP contribution in [0.5, 0.6) is 5.75 Å². The van der Waals surface area contributed by atoms with Gasteiger partial charge in [0.2, 0.25) is 0 Å². The zero-order chi connectivity index (χ0) is 15.3. The van der Waals surface area contributed by atoms with Crippen LogP contribution >= 0.6 is 0 Å². The van der Waals surface area contributed by atoms with Crippen LogP contribution in [-0.4, -0.2) is 20.2 Å². The summed E-state index contributed by atoms with van der Waals surface area (Å²) >= 11 is 0. The van der Waals surface area contributed by atoms with Crippen molar-refractivity contribution in [1.29, 1.82) is 0 Å². The number of methoxy groups -OCH3 is 2. The van der Waals surface area contributed by atoms with Crippen molar-refractivity contribution < 1.29 is 27.4 Å². The van der Waals surface area contributed by atoms with Gasteiger partial charge in [0.1, 0.15) is 5.75 Å². The number of carbonyl (C=O) groups is 1. The van der Waals surface area contributed by atoms with Crippen LogP contribution in [0.25, 0.3) is 0 Å². The highest BCUT2D eigenvalue weighted by molar-refractivity contribution is 5.70. The van der Waals surface area contributed by atoms with Gasteiger partial charge in [-0.05, 0) is 36.1 Å². The Kier molecular flexibility index (Phi) is 5.42. The normalized spacial score (nSPS) is 12.9. The van der Waals surface area contributed by atoms with Gasteiger partial charge in [-0.15, -0.1) is 0 Å². The quantitative estimate of drug-likeness (QED) is 0.774. The van der Waals surface area contributed by atoms with Crippen molar-refractivity contribution in [2.75, 3.05) is 14.2 Å². The second kappa shape index (κ2) is 6.63. The Labute approximate surface area is 115 Å². The summed E-state index contributed by atoms with van der Waals surface area (Å²) in [6.45, 7) is 1.81. The molecule has 0 amide bonds. The minimum Gasteiger partial charge on any atom is -0.497 e. The van der Waals surface area contributed by atoms with E-state index in [4.69, 9.17) is 4.74 Å². The Hall–Kier alpha value is -1.72. The Morgan fingerprint density at radius 3 is 2.35 bits per heavy atom. The second-order valence-corrected chi connectivity index (χ2v) is 4.38. The minimum absolute atomic E-state index is 0.0392. The maximum Gasteiger partial charge on any atom is 0.416 e. The third-order valence-electron chi connectivity index (χ3n) is 3.10. The molecular formula is C14H17F3O3. The molecule has 20 heavy (non-hydrogen) atoms. The van der Waals surface area contributed by atoms with E-state index in [1.54, 1.807) is 6.92 Å². The van der Waals surface area contributed by atoms with Gasteiger partial charge in [0.25, 0.3) is 0 Å². The van der Waals surface area contributed by atoms with E-state index in [0.717, 1.165) is 12.1 Å². The van der Waals surface area contributed by atoms with E-state index >= 15 is 0 Å². The number of hydrogen-bond acceptors (Lipinski definition) is 3. The van der Waals surface area contributed by atoms with Gasteiger partial charge < -0.3 is 9.47 Å². The molecular weight excluding hydrogens is 273 g/mol. The molecule has 0 aromatic heterocycles. The molecule has 1 rings (SSSR count). The SMILES string of the molecule is CC[C@H](CC(=O)OC)c1cc(OC)cc(C(F)(F)F)c1. The zero-order valence-electron chi connectivity index (χ0n) is 11.6. The number of esters is 1. The van der Waals surface area contributed by atoms with Gasteiger partial charge in [-0.3, -0.25) is 4.79 Å². The Morgan fingerprint density at radius 1 is 1.25 bits per heavy atom. The van der Waals surface area contributed by atoms with Gasteiger partial charge in [-0.2, -0.15) is 13.2 Å². The second-order valence-electron chi connectivity index (χ2n) is 4.38. The molecule has 0 spiro atoms. The molecule has 0 saturated carbocycles. The van der Waals surface area contributed by atoms with E-state index < -0.39 is 17.7 Å². The first-order valence-electron chi connectivity index (χ1n) is 6.14. The lowest BCUT2D eigenvalue weighted by Gasteiger charge is -2.17. The number of benzene rings is 1. The van der Waals surface area contributed by atoms with Crippen molar-refractivity contribution in [3.05, 3.63) is 29.3 Å². The first-order valence-corrected chi connectivity index (χ1v) is 6.14. The lowest BCUT2D eigenvalue weighted by Crippen LogP contribution is -2.11. The van der Waals surface area contributed by atoms with Crippen molar-refractivity contribution in [2.24, 2.45) is 0 Å². The maximum atomic E-state index is 12.8. The van der Waals surface area contributed by atoms with Crippen molar-refractivity contribution in [3.63, 3.8) is 0 Å². The van der Waals surface area contributed by atoms with Crippen LogP contribution in [0.15, 0.2) is 18.2 Å². The lowest BCUT2D eigenvalue weighted by molar-refractivity contribution is -0.141. The van der Waals surface area contributed by atoms with E-state index in [2.05, 4.69) is 4.74 Å². The van der Waals surface area contributed by atoms with Gasteiger partial charge in [-0.1, -0.05) is 6.92 Å². The molecule has 0 N–H and O–H groups in total. The van der Waals surface area contributed by atoms with Crippen LogP contribution in [0.4, 0.5) is 13.2 Å². The zero-order valence-corrected chi connectivity index (χ0v) is 11.6. The number of ether oxygens (including phenoxy) is 2. The van der Waals surface area contributed by atoms with Crippen LogP contribution in [0.1, 0.15) is 36.8 Å². The monoisotopic (exact) mass is 290 g/mol. The molecule has 0 radical (unpaired) electrons. The van der Waals surface area contributed by atoms with Gasteiger partial charge in [0, 0.05) is 0 Å². The predicted octanol–water partition coefficient (Wildman–Crippen LogP) is 3.77. The van der Waals surface area contributed by atoms with Crippen LogP contribution in [0.3, 0.4) is 0 Å². The highest BCUT2D eigenvalue weighted by atomic mass is 19.4. The summed E-state index contributed by atoms with van der Waals surface area (Å²) in [5, 5.41) is 0. The Bertz CT molecular complexity index is 469. The fourth-order valence-corrected chi connectivity index (χ4v) is 1.92. The fourth-order valence-electron chi connectivity index (χ4n) is 1.92. The standard InChI is InChI=1S/C14H17F3O3/c1-4-9(7-13(18)20-3)10-5-11(14(15,16)17)8-12(6-10)19-2/h5-6,8-9H,4,7H2,1-3H3/t9-/m1/s1. The number of halogens is 3. The first kappa shape index (κ1) is 16.3. The van der Waals surface area contributed by atoms with Gasteiger partial charge in [-0.25, -0.2) is 0 Å². The smallest absolute Gasteiger partial charge is 0.416 e. The largest absolute Gasteiger partial charge is 0.497 e. The van der Waals surface area contributed by atoms with Crippen LogP contribution in [0, 0.1) is 0 Å². The highest BCUT2D eigenvalue weighted by Crippen LogP contribution is 2.36. The van der Waals surface area contributed by atoms with Crippen LogP contribution in [0.2, 0.25) is 0 Å². The maximum absolute atomic E-state index is 12.8. The van der Waals surface area contributed by atoms with E-state index in [-0.39, 0.29) is 18.1 Å². The lowest BCUT2D eigenvalue weighted by atomic mass is 9.91. The summed E-state index contributed by atoms with van der Waals surface area (Å²) < 4.78 is 48.0. The average Bonchev–Trinajstić information content (AvgIpc) is 2.42. The predicted molar refractivity (Wildman–Crippen MR) is 67.7 cm³/mol. The Morgan fingerprint density at radius 2 is 1.90 bits per heavy atom. The van der Waals surface area contributed by atoms with Crippen molar-refractivity contribution in [2.45, 2.75) is 31.9 Å². The molecule has 1 aromatic carbocycles. The molecule has 0 unspecified atom stereocenters. The third kappa shape index (κ3) is 4.15. The van der Waals surface area contributed by atoms with Crippen molar-refractivity contribution in [3.8, 4) is 5.75 Å². The summed E-state index contributed by atoms with van der Waals surface area (Å²) in [5.41, 5.74) is -0.361. The van der Waals surface area contributed by atoms with Crippen molar-refractivity contribution in [1.82, 2.24) is 0 Å². The van der Waals surface area contributed by atoms with Gasteiger partial charge in [0.15, 0.2) is 0 Å². The minimum atomic E-state index is -4.45. The van der Waals surface area contributed by atoms with Gasteiger partial charge in [0.05, 0.1) is 26.2 Å². The summed E-state index contributed by atoms with van der Waals surface area (Å²) in [6, 6.07) is 3.51. The van der Waals surface area contributed by atoms with E-state index in [1.807, 2.05) is 0 Å².